The fourth-order valence-corrected chi connectivity index (χ4v) is 1.91. The number of rotatable bonds is 7. The normalized spacial score (nSPS) is 12.8. The van der Waals surface area contributed by atoms with E-state index in [4.69, 9.17) is 0 Å². The molecule has 1 aromatic heterocycles. The molecule has 112 valence electrons. The van der Waals surface area contributed by atoms with Gasteiger partial charge >= 0.3 is 6.03 Å². The monoisotopic (exact) mass is 279 g/mol. The Morgan fingerprint density at radius 1 is 1.35 bits per heavy atom. The van der Waals surface area contributed by atoms with Gasteiger partial charge in [-0.15, -0.1) is 0 Å². The van der Waals surface area contributed by atoms with Crippen LogP contribution >= 0.6 is 0 Å². The van der Waals surface area contributed by atoms with Crippen molar-refractivity contribution in [2.24, 2.45) is 0 Å². The molecule has 1 heterocycles. The second-order valence-electron chi connectivity index (χ2n) is 5.63. The second kappa shape index (κ2) is 7.85. The van der Waals surface area contributed by atoms with Crippen molar-refractivity contribution in [2.75, 3.05) is 13.1 Å². The third kappa shape index (κ3) is 5.57. The number of hydrogen-bond acceptors (Lipinski definition) is 3. The van der Waals surface area contributed by atoms with Gasteiger partial charge in [0.2, 0.25) is 0 Å². The number of amides is 2. The summed E-state index contributed by atoms with van der Waals surface area (Å²) in [5, 5.41) is 15.1. The number of carbonyl (C=O) groups is 1. The Bertz CT molecular complexity index is 407. The van der Waals surface area contributed by atoms with E-state index >= 15 is 0 Å². The number of aliphatic hydroxyl groups excluding tert-OH is 1. The molecular formula is C15H25N3O2. The van der Waals surface area contributed by atoms with Crippen LogP contribution in [0.15, 0.2) is 24.5 Å². The molecule has 5 heteroatoms. The van der Waals surface area contributed by atoms with Crippen LogP contribution in [-0.2, 0) is 5.41 Å². The minimum absolute atomic E-state index is 0.164. The van der Waals surface area contributed by atoms with Gasteiger partial charge < -0.3 is 15.7 Å². The first-order valence-corrected chi connectivity index (χ1v) is 7.06. The lowest BCUT2D eigenvalue weighted by Crippen LogP contribution is -2.44. The lowest BCUT2D eigenvalue weighted by molar-refractivity contribution is 0.160. The highest BCUT2D eigenvalue weighted by Crippen LogP contribution is 2.20. The van der Waals surface area contributed by atoms with Gasteiger partial charge in [0.05, 0.1) is 6.10 Å². The van der Waals surface area contributed by atoms with Gasteiger partial charge in [-0.3, -0.25) is 4.98 Å². The Hall–Kier alpha value is -1.62. The lowest BCUT2D eigenvalue weighted by Gasteiger charge is -2.25. The van der Waals surface area contributed by atoms with E-state index in [9.17, 15) is 9.90 Å². The Balaban J connectivity index is 2.37. The fraction of sp³-hybridized carbons (Fsp3) is 0.600. The van der Waals surface area contributed by atoms with Gasteiger partial charge in [-0.25, -0.2) is 4.79 Å². The predicted octanol–water partition coefficient (Wildman–Crippen LogP) is 1.82. The Kier molecular flexibility index (Phi) is 6.45. The van der Waals surface area contributed by atoms with E-state index in [1.54, 1.807) is 12.4 Å². The van der Waals surface area contributed by atoms with E-state index in [0.29, 0.717) is 13.0 Å². The molecule has 5 nitrogen and oxygen atoms in total. The number of nitrogens with zero attached hydrogens (tertiary/aromatic N) is 1. The van der Waals surface area contributed by atoms with E-state index in [1.807, 2.05) is 19.1 Å². The number of pyridine rings is 1. The Morgan fingerprint density at radius 3 is 2.60 bits per heavy atom. The van der Waals surface area contributed by atoms with Gasteiger partial charge in [0.25, 0.3) is 0 Å². The molecule has 0 aliphatic rings. The molecule has 20 heavy (non-hydrogen) atoms. The number of nitrogens with one attached hydrogen (secondary N) is 2. The maximum atomic E-state index is 11.7. The molecule has 0 aliphatic carbocycles. The molecule has 2 amide bonds. The van der Waals surface area contributed by atoms with Crippen molar-refractivity contribution >= 4 is 6.03 Å². The van der Waals surface area contributed by atoms with Crippen molar-refractivity contribution < 1.29 is 9.90 Å². The van der Waals surface area contributed by atoms with Gasteiger partial charge in [0, 0.05) is 30.9 Å². The summed E-state index contributed by atoms with van der Waals surface area (Å²) in [5.41, 5.74) is 0.960. The highest BCUT2D eigenvalue weighted by atomic mass is 16.3. The average Bonchev–Trinajstić information content (AvgIpc) is 2.44. The second-order valence-corrected chi connectivity index (χ2v) is 5.63. The van der Waals surface area contributed by atoms with Crippen LogP contribution in [0.4, 0.5) is 4.79 Å². The number of carbonyl (C=O) groups excluding carboxylic acids is 1. The molecule has 1 atom stereocenters. The topological polar surface area (TPSA) is 74.2 Å². The fourth-order valence-electron chi connectivity index (χ4n) is 1.91. The van der Waals surface area contributed by atoms with E-state index in [1.165, 1.54) is 0 Å². The van der Waals surface area contributed by atoms with Crippen molar-refractivity contribution in [3.63, 3.8) is 0 Å². The molecule has 0 aliphatic heterocycles. The maximum Gasteiger partial charge on any atom is 0.314 e. The van der Waals surface area contributed by atoms with Crippen LogP contribution in [0.2, 0.25) is 0 Å². The minimum Gasteiger partial charge on any atom is -0.391 e. The van der Waals surface area contributed by atoms with Gasteiger partial charge in [0.1, 0.15) is 0 Å². The van der Waals surface area contributed by atoms with Gasteiger partial charge in [-0.1, -0.05) is 27.2 Å². The first-order chi connectivity index (χ1) is 9.45. The van der Waals surface area contributed by atoms with Crippen LogP contribution in [0.5, 0.6) is 0 Å². The van der Waals surface area contributed by atoms with Crippen LogP contribution in [0.25, 0.3) is 0 Å². The summed E-state index contributed by atoms with van der Waals surface area (Å²) in [4.78, 5) is 15.7. The quantitative estimate of drug-likeness (QED) is 0.712. The number of hydrogen-bond donors (Lipinski definition) is 3. The van der Waals surface area contributed by atoms with Crippen molar-refractivity contribution in [1.29, 1.82) is 0 Å². The Morgan fingerprint density at radius 2 is 2.00 bits per heavy atom. The number of urea groups is 1. The zero-order valence-electron chi connectivity index (χ0n) is 12.5. The van der Waals surface area contributed by atoms with Gasteiger partial charge in [0.15, 0.2) is 0 Å². The molecule has 1 unspecified atom stereocenters. The zero-order valence-corrected chi connectivity index (χ0v) is 12.5. The SMILES string of the molecule is CCCC(O)CNC(=O)NCC(C)(C)c1ccncc1. The molecule has 0 spiro atoms. The maximum absolute atomic E-state index is 11.7. The summed E-state index contributed by atoms with van der Waals surface area (Å²) in [6.45, 7) is 6.94. The average molecular weight is 279 g/mol. The minimum atomic E-state index is -0.473. The van der Waals surface area contributed by atoms with Crippen LogP contribution in [0, 0.1) is 0 Å². The summed E-state index contributed by atoms with van der Waals surface area (Å²) in [6, 6.07) is 3.65. The van der Waals surface area contributed by atoms with Crippen molar-refractivity contribution in [3.8, 4) is 0 Å². The molecule has 0 bridgehead atoms. The summed E-state index contributed by atoms with van der Waals surface area (Å²) >= 11 is 0. The zero-order chi connectivity index (χ0) is 15.0. The first kappa shape index (κ1) is 16.4. The van der Waals surface area contributed by atoms with Crippen LogP contribution in [0.3, 0.4) is 0 Å². The largest absolute Gasteiger partial charge is 0.391 e. The summed E-state index contributed by atoms with van der Waals surface area (Å²) in [6.07, 6.45) is 4.62. The van der Waals surface area contributed by atoms with Gasteiger partial charge in [-0.05, 0) is 24.1 Å². The van der Waals surface area contributed by atoms with E-state index < -0.39 is 6.10 Å². The smallest absolute Gasteiger partial charge is 0.314 e. The summed E-state index contributed by atoms with van der Waals surface area (Å²) in [5.74, 6) is 0. The van der Waals surface area contributed by atoms with E-state index in [-0.39, 0.29) is 18.0 Å². The molecule has 1 aromatic rings. The lowest BCUT2D eigenvalue weighted by atomic mass is 9.85. The van der Waals surface area contributed by atoms with E-state index in [0.717, 1.165) is 12.0 Å². The molecule has 1 rings (SSSR count). The highest BCUT2D eigenvalue weighted by molar-refractivity contribution is 5.73. The molecular weight excluding hydrogens is 254 g/mol. The molecule has 0 aromatic carbocycles. The van der Waals surface area contributed by atoms with E-state index in [2.05, 4.69) is 29.5 Å². The predicted molar refractivity (Wildman–Crippen MR) is 79.6 cm³/mol. The first-order valence-electron chi connectivity index (χ1n) is 7.06. The van der Waals surface area contributed by atoms with Gasteiger partial charge in [-0.2, -0.15) is 0 Å². The third-order valence-electron chi connectivity index (χ3n) is 3.27. The third-order valence-corrected chi connectivity index (χ3v) is 3.27. The molecule has 0 saturated carbocycles. The summed E-state index contributed by atoms with van der Waals surface area (Å²) in [7, 11) is 0. The van der Waals surface area contributed by atoms with Crippen molar-refractivity contribution in [2.45, 2.75) is 45.1 Å². The van der Waals surface area contributed by atoms with Crippen molar-refractivity contribution in [1.82, 2.24) is 15.6 Å². The Labute approximate surface area is 120 Å². The number of aliphatic hydroxyl groups is 1. The summed E-state index contributed by atoms with van der Waals surface area (Å²) < 4.78 is 0. The molecule has 0 fully saturated rings. The standard InChI is InChI=1S/C15H25N3O2/c1-4-5-13(19)10-17-14(20)18-11-15(2,3)12-6-8-16-9-7-12/h6-9,13,19H,4-5,10-11H2,1-3H3,(H2,17,18,20). The van der Waals surface area contributed by atoms with Crippen LogP contribution in [0.1, 0.15) is 39.2 Å². The molecule has 0 radical (unpaired) electrons. The highest BCUT2D eigenvalue weighted by Gasteiger charge is 2.21. The van der Waals surface area contributed by atoms with Crippen LogP contribution in [-0.4, -0.2) is 35.3 Å². The molecule has 3 N–H and O–H groups in total. The van der Waals surface area contributed by atoms with Crippen molar-refractivity contribution in [3.05, 3.63) is 30.1 Å². The van der Waals surface area contributed by atoms with Crippen LogP contribution < -0.4 is 10.6 Å². The number of aromatic nitrogens is 1. The molecule has 0 saturated heterocycles.